The highest BCUT2D eigenvalue weighted by Crippen LogP contribution is 2.16. The van der Waals surface area contributed by atoms with Gasteiger partial charge in [-0.25, -0.2) is 0 Å². The molecule has 0 aliphatic heterocycles. The van der Waals surface area contributed by atoms with Crippen LogP contribution in [-0.2, 0) is 9.47 Å². The number of hydrogen-bond acceptors (Lipinski definition) is 4. The summed E-state index contributed by atoms with van der Waals surface area (Å²) in [5.41, 5.74) is 0.804. The second kappa shape index (κ2) is 13.9. The first kappa shape index (κ1) is 19.9. The highest BCUT2D eigenvalue weighted by atomic mass is 32.2. The maximum Gasteiger partial charge on any atom is 0.162 e. The van der Waals surface area contributed by atoms with Gasteiger partial charge in [-0.05, 0) is 31.2 Å². The van der Waals surface area contributed by atoms with Gasteiger partial charge in [-0.1, -0.05) is 12.1 Å². The lowest BCUT2D eigenvalue weighted by atomic mass is 10.1. The van der Waals surface area contributed by atoms with Crippen molar-refractivity contribution in [1.29, 1.82) is 0 Å². The van der Waals surface area contributed by atoms with Crippen LogP contribution in [0.25, 0.3) is 0 Å². The average molecular weight is 310 g/mol. The van der Waals surface area contributed by atoms with Gasteiger partial charge in [0.1, 0.15) is 0 Å². The molecule has 0 saturated heterocycles. The van der Waals surface area contributed by atoms with Gasteiger partial charge < -0.3 is 9.47 Å². The highest BCUT2D eigenvalue weighted by molar-refractivity contribution is 7.98. The molecule has 4 heteroatoms. The number of rotatable bonds is 10. The van der Waals surface area contributed by atoms with E-state index in [1.54, 1.807) is 18.9 Å². The van der Waals surface area contributed by atoms with Crippen LogP contribution < -0.4 is 0 Å². The molecule has 0 heterocycles. The van der Waals surface area contributed by atoms with Crippen LogP contribution in [0.4, 0.5) is 0 Å². The van der Waals surface area contributed by atoms with Crippen molar-refractivity contribution >= 4 is 17.5 Å². The van der Waals surface area contributed by atoms with Gasteiger partial charge in [0.05, 0.1) is 13.2 Å². The molecule has 1 aromatic rings. The van der Waals surface area contributed by atoms with Crippen LogP contribution in [0.3, 0.4) is 0 Å². The predicted molar refractivity (Wildman–Crippen MR) is 90.4 cm³/mol. The molecule has 0 bridgehead atoms. The van der Waals surface area contributed by atoms with E-state index in [0.717, 1.165) is 18.4 Å². The van der Waals surface area contributed by atoms with Crippen LogP contribution in [0.15, 0.2) is 42.3 Å². The summed E-state index contributed by atoms with van der Waals surface area (Å²) >= 11 is 1.68. The Bertz CT molecular complexity index is 376. The summed E-state index contributed by atoms with van der Waals surface area (Å²) in [6.45, 7) is 7.95. The Labute approximate surface area is 132 Å². The zero-order chi connectivity index (χ0) is 15.9. The molecule has 0 amide bonds. The van der Waals surface area contributed by atoms with Gasteiger partial charge >= 0.3 is 0 Å². The number of methoxy groups -OCH3 is 1. The average Bonchev–Trinajstić information content (AvgIpc) is 2.55. The Morgan fingerprint density at radius 2 is 1.76 bits per heavy atom. The Morgan fingerprint density at radius 1 is 1.10 bits per heavy atom. The zero-order valence-electron chi connectivity index (χ0n) is 13.1. The van der Waals surface area contributed by atoms with E-state index >= 15 is 0 Å². The summed E-state index contributed by atoms with van der Waals surface area (Å²) in [5, 5.41) is 0. The molecule has 0 radical (unpaired) electrons. The van der Waals surface area contributed by atoms with Crippen LogP contribution in [0.1, 0.15) is 29.6 Å². The molecule has 1 aromatic carbocycles. The number of unbranched alkanes of at least 4 members (excludes halogenated alkanes) is 1. The largest absolute Gasteiger partial charge is 0.382 e. The van der Waals surface area contributed by atoms with E-state index in [0.29, 0.717) is 26.2 Å². The first-order chi connectivity index (χ1) is 10.3. The predicted octanol–water partition coefficient (Wildman–Crippen LogP) is 4.23. The SMILES string of the molecule is C=C.COCCOCCCCC(=O)c1ccc(SC)cc1. The van der Waals surface area contributed by atoms with Gasteiger partial charge in [0.15, 0.2) is 5.78 Å². The maximum absolute atomic E-state index is 11.9. The minimum absolute atomic E-state index is 0.213. The molecule has 0 aliphatic rings. The second-order valence-corrected chi connectivity index (χ2v) is 5.09. The molecule has 0 saturated carbocycles. The maximum atomic E-state index is 11.9. The third-order valence-electron chi connectivity index (χ3n) is 2.79. The van der Waals surface area contributed by atoms with Crippen molar-refractivity contribution < 1.29 is 14.3 Å². The fourth-order valence-corrected chi connectivity index (χ4v) is 2.06. The van der Waals surface area contributed by atoms with Crippen molar-refractivity contribution in [2.75, 3.05) is 33.2 Å². The quantitative estimate of drug-likeness (QED) is 0.280. The van der Waals surface area contributed by atoms with Crippen LogP contribution in [0, 0.1) is 0 Å². The molecule has 0 unspecified atom stereocenters. The molecule has 0 aromatic heterocycles. The summed E-state index contributed by atoms with van der Waals surface area (Å²) in [5.74, 6) is 0.213. The molecular weight excluding hydrogens is 284 g/mol. The van der Waals surface area contributed by atoms with Gasteiger partial charge in [0.2, 0.25) is 0 Å². The van der Waals surface area contributed by atoms with Gasteiger partial charge in [-0.15, -0.1) is 24.9 Å². The van der Waals surface area contributed by atoms with Gasteiger partial charge in [0.25, 0.3) is 0 Å². The topological polar surface area (TPSA) is 35.5 Å². The van der Waals surface area contributed by atoms with Gasteiger partial charge in [-0.3, -0.25) is 4.79 Å². The molecule has 3 nitrogen and oxygen atoms in total. The van der Waals surface area contributed by atoms with E-state index in [-0.39, 0.29) is 5.78 Å². The fraction of sp³-hybridized carbons (Fsp3) is 0.471. The molecule has 0 aliphatic carbocycles. The van der Waals surface area contributed by atoms with Gasteiger partial charge in [-0.2, -0.15) is 0 Å². The standard InChI is InChI=1S/C15H22O3S.C2H4/c1-17-11-12-18-10-4-3-5-15(16)13-6-8-14(19-2)9-7-13;1-2/h6-9H,3-5,10-12H2,1-2H3;1-2H2. The third kappa shape index (κ3) is 9.45. The second-order valence-electron chi connectivity index (χ2n) is 4.21. The van der Waals surface area contributed by atoms with E-state index in [4.69, 9.17) is 9.47 Å². The smallest absolute Gasteiger partial charge is 0.162 e. The highest BCUT2D eigenvalue weighted by Gasteiger charge is 2.05. The van der Waals surface area contributed by atoms with Crippen LogP contribution in [0.5, 0.6) is 0 Å². The Hall–Kier alpha value is -1.10. The Kier molecular flexibility index (Phi) is 13.1. The minimum Gasteiger partial charge on any atom is -0.382 e. The number of benzene rings is 1. The van der Waals surface area contributed by atoms with E-state index in [2.05, 4.69) is 13.2 Å². The first-order valence-corrected chi connectivity index (χ1v) is 8.24. The third-order valence-corrected chi connectivity index (χ3v) is 3.53. The number of ether oxygens (including phenoxy) is 2. The zero-order valence-corrected chi connectivity index (χ0v) is 13.9. The molecule has 0 fully saturated rings. The number of hydrogen-bond donors (Lipinski definition) is 0. The number of carbonyl (C=O) groups excluding carboxylic acids is 1. The van der Waals surface area contributed by atoms with Crippen molar-refractivity contribution in [3.05, 3.63) is 43.0 Å². The lowest BCUT2D eigenvalue weighted by Gasteiger charge is -2.04. The summed E-state index contributed by atoms with van der Waals surface area (Å²) < 4.78 is 10.2. The molecule has 0 spiro atoms. The summed E-state index contributed by atoms with van der Waals surface area (Å²) in [6.07, 6.45) is 4.40. The molecule has 21 heavy (non-hydrogen) atoms. The van der Waals surface area contributed by atoms with Crippen LogP contribution in [-0.4, -0.2) is 39.0 Å². The van der Waals surface area contributed by atoms with Crippen molar-refractivity contribution in [3.8, 4) is 0 Å². The van der Waals surface area contributed by atoms with Crippen molar-refractivity contribution in [3.63, 3.8) is 0 Å². The van der Waals surface area contributed by atoms with Crippen LogP contribution in [0.2, 0.25) is 0 Å². The summed E-state index contributed by atoms with van der Waals surface area (Å²) in [7, 11) is 1.66. The number of Topliss-reactive ketones (excluding diaryl/α,β-unsaturated/α-hetero) is 1. The number of thioether (sulfide) groups is 1. The summed E-state index contributed by atoms with van der Waals surface area (Å²) in [4.78, 5) is 13.1. The normalized spacial score (nSPS) is 9.81. The number of ketones is 1. The summed E-state index contributed by atoms with van der Waals surface area (Å²) in [6, 6.07) is 7.80. The fourth-order valence-electron chi connectivity index (χ4n) is 1.66. The van der Waals surface area contributed by atoms with Crippen molar-refractivity contribution in [2.24, 2.45) is 0 Å². The molecule has 1 rings (SSSR count). The lowest BCUT2D eigenvalue weighted by molar-refractivity contribution is 0.0681. The first-order valence-electron chi connectivity index (χ1n) is 7.02. The molecule has 0 atom stereocenters. The van der Waals surface area contributed by atoms with E-state index < -0.39 is 0 Å². The van der Waals surface area contributed by atoms with Crippen LogP contribution >= 0.6 is 11.8 Å². The number of carbonyl (C=O) groups is 1. The molecule has 0 N–H and O–H groups in total. The van der Waals surface area contributed by atoms with E-state index in [1.807, 2.05) is 30.5 Å². The van der Waals surface area contributed by atoms with Crippen molar-refractivity contribution in [1.82, 2.24) is 0 Å². The monoisotopic (exact) mass is 310 g/mol. The van der Waals surface area contributed by atoms with Crippen molar-refractivity contribution in [2.45, 2.75) is 24.2 Å². The van der Waals surface area contributed by atoms with Gasteiger partial charge in [0, 0.05) is 30.6 Å². The lowest BCUT2D eigenvalue weighted by Crippen LogP contribution is -2.04. The Balaban J connectivity index is 0.00000191. The van der Waals surface area contributed by atoms with E-state index in [1.165, 1.54) is 4.90 Å². The van der Waals surface area contributed by atoms with E-state index in [9.17, 15) is 4.79 Å². The molecule has 118 valence electrons. The minimum atomic E-state index is 0.213. The Morgan fingerprint density at radius 3 is 2.33 bits per heavy atom. The molecular formula is C17H26O3S.